The Hall–Kier alpha value is -1.18. The van der Waals surface area contributed by atoms with Gasteiger partial charge in [-0.25, -0.2) is 0 Å². The van der Waals surface area contributed by atoms with Crippen LogP contribution < -0.4 is 4.74 Å². The molecule has 80 valence electrons. The second-order valence-electron chi connectivity index (χ2n) is 2.79. The molecular weight excluding hydrogens is 313 g/mol. The van der Waals surface area contributed by atoms with Crippen molar-refractivity contribution in [2.24, 2.45) is 0 Å². The summed E-state index contributed by atoms with van der Waals surface area (Å²) in [4.78, 5) is 21.4. The highest BCUT2D eigenvalue weighted by Gasteiger charge is 2.24. The van der Waals surface area contributed by atoms with Crippen molar-refractivity contribution in [3.8, 4) is 5.75 Å². The summed E-state index contributed by atoms with van der Waals surface area (Å²) in [5, 5.41) is 10.7. The molecule has 0 radical (unpaired) electrons. The molecule has 1 aromatic carbocycles. The zero-order chi connectivity index (χ0) is 11.6. The van der Waals surface area contributed by atoms with Gasteiger partial charge in [0.1, 0.15) is 11.3 Å². The van der Waals surface area contributed by atoms with E-state index in [0.717, 1.165) is 0 Å². The van der Waals surface area contributed by atoms with Crippen molar-refractivity contribution in [2.45, 2.75) is 6.92 Å². The largest absolute Gasteiger partial charge is 0.495 e. The Bertz CT molecular complexity index is 430. The number of hydrogen-bond acceptors (Lipinski definition) is 4. The highest BCUT2D eigenvalue weighted by molar-refractivity contribution is 14.1. The average Bonchev–Trinajstić information content (AvgIpc) is 2.16. The molecule has 0 atom stereocenters. The Labute approximate surface area is 99.7 Å². The molecule has 0 bridgehead atoms. The van der Waals surface area contributed by atoms with E-state index in [1.807, 2.05) is 22.6 Å². The molecular formula is C9H8INO4. The van der Waals surface area contributed by atoms with Crippen LogP contribution in [0.4, 0.5) is 5.69 Å². The maximum atomic E-state index is 11.3. The van der Waals surface area contributed by atoms with E-state index in [2.05, 4.69) is 0 Å². The molecule has 0 N–H and O–H groups in total. The minimum Gasteiger partial charge on any atom is -0.495 e. The lowest BCUT2D eigenvalue weighted by Crippen LogP contribution is -2.04. The summed E-state index contributed by atoms with van der Waals surface area (Å²) >= 11 is 1.96. The Balaban J connectivity index is 3.56. The van der Waals surface area contributed by atoms with Gasteiger partial charge in [0.25, 0.3) is 5.69 Å². The van der Waals surface area contributed by atoms with Gasteiger partial charge in [-0.15, -0.1) is 0 Å². The molecule has 0 unspecified atom stereocenters. The third kappa shape index (κ3) is 2.25. The fraction of sp³-hybridized carbons (Fsp3) is 0.222. The summed E-state index contributed by atoms with van der Waals surface area (Å²) in [6, 6.07) is 2.85. The molecule has 5 nitrogen and oxygen atoms in total. The van der Waals surface area contributed by atoms with E-state index < -0.39 is 4.92 Å². The van der Waals surface area contributed by atoms with E-state index in [9.17, 15) is 14.9 Å². The standard InChI is InChI=1S/C9H8INO4/c1-5(12)8-7(11(13)14)4-3-6(10)9(8)15-2/h3-4H,1-2H3. The molecule has 0 aliphatic heterocycles. The SMILES string of the molecule is COc1c(I)ccc([N+](=O)[O-])c1C(C)=O. The zero-order valence-corrected chi connectivity index (χ0v) is 10.3. The molecule has 0 aliphatic rings. The summed E-state index contributed by atoms with van der Waals surface area (Å²) < 4.78 is 5.67. The van der Waals surface area contributed by atoms with Crippen molar-refractivity contribution in [1.82, 2.24) is 0 Å². The summed E-state index contributed by atoms with van der Waals surface area (Å²) in [7, 11) is 1.38. The molecule has 0 fully saturated rings. The van der Waals surface area contributed by atoms with Gasteiger partial charge < -0.3 is 4.74 Å². The number of hydrogen-bond donors (Lipinski definition) is 0. The lowest BCUT2D eigenvalue weighted by molar-refractivity contribution is -0.385. The van der Waals surface area contributed by atoms with Crippen molar-refractivity contribution in [2.75, 3.05) is 7.11 Å². The molecule has 0 spiro atoms. The number of halogens is 1. The molecule has 15 heavy (non-hydrogen) atoms. The number of methoxy groups -OCH3 is 1. The van der Waals surface area contributed by atoms with Crippen LogP contribution in [0.25, 0.3) is 0 Å². The lowest BCUT2D eigenvalue weighted by atomic mass is 10.1. The van der Waals surface area contributed by atoms with Crippen LogP contribution in [0.5, 0.6) is 5.75 Å². The summed E-state index contributed by atoms with van der Waals surface area (Å²) in [5.41, 5.74) is -0.200. The number of nitrogens with zero attached hydrogens (tertiary/aromatic N) is 1. The van der Waals surface area contributed by atoms with Gasteiger partial charge >= 0.3 is 0 Å². The number of benzene rings is 1. The molecule has 1 aromatic rings. The van der Waals surface area contributed by atoms with Crippen molar-refractivity contribution < 1.29 is 14.5 Å². The number of carbonyl (C=O) groups is 1. The van der Waals surface area contributed by atoms with Crippen LogP contribution in [0.15, 0.2) is 12.1 Å². The van der Waals surface area contributed by atoms with Gasteiger partial charge in [-0.2, -0.15) is 0 Å². The fourth-order valence-electron chi connectivity index (χ4n) is 1.24. The van der Waals surface area contributed by atoms with Crippen LogP contribution in [0.3, 0.4) is 0 Å². The Kier molecular flexibility index (Phi) is 3.61. The van der Waals surface area contributed by atoms with Gasteiger partial charge in [0.05, 0.1) is 15.6 Å². The van der Waals surface area contributed by atoms with E-state index in [-0.39, 0.29) is 22.8 Å². The van der Waals surface area contributed by atoms with Gasteiger partial charge in [0, 0.05) is 6.07 Å². The minimum absolute atomic E-state index is 0.0226. The van der Waals surface area contributed by atoms with E-state index in [0.29, 0.717) is 3.57 Å². The molecule has 0 aliphatic carbocycles. The molecule has 0 amide bonds. The normalized spacial score (nSPS) is 9.80. The van der Waals surface area contributed by atoms with Crippen LogP contribution in [0.1, 0.15) is 17.3 Å². The van der Waals surface area contributed by atoms with E-state index in [4.69, 9.17) is 4.74 Å². The number of rotatable bonds is 3. The van der Waals surface area contributed by atoms with E-state index in [1.165, 1.54) is 20.1 Å². The van der Waals surface area contributed by atoms with Gasteiger partial charge in [-0.1, -0.05) is 0 Å². The molecule has 0 heterocycles. The first-order valence-electron chi connectivity index (χ1n) is 4.00. The quantitative estimate of drug-likeness (QED) is 0.371. The predicted octanol–water partition coefficient (Wildman–Crippen LogP) is 2.41. The number of Topliss-reactive ketones (excluding diaryl/α,β-unsaturated/α-hetero) is 1. The summed E-state index contributed by atoms with van der Waals surface area (Å²) in [5.74, 6) is -0.116. The van der Waals surface area contributed by atoms with Crippen LogP contribution >= 0.6 is 22.6 Å². The number of nitro groups is 1. The first kappa shape index (κ1) is 11.9. The molecule has 1 rings (SSSR count). The van der Waals surface area contributed by atoms with Crippen molar-refractivity contribution in [1.29, 1.82) is 0 Å². The van der Waals surface area contributed by atoms with Gasteiger partial charge in [0.15, 0.2) is 5.78 Å². The molecule has 0 saturated heterocycles. The monoisotopic (exact) mass is 321 g/mol. The van der Waals surface area contributed by atoms with E-state index >= 15 is 0 Å². The zero-order valence-electron chi connectivity index (χ0n) is 8.11. The fourth-order valence-corrected chi connectivity index (χ4v) is 1.91. The van der Waals surface area contributed by atoms with Crippen LogP contribution in [0, 0.1) is 13.7 Å². The first-order chi connectivity index (χ1) is 6.99. The third-order valence-electron chi connectivity index (χ3n) is 1.84. The van der Waals surface area contributed by atoms with Crippen LogP contribution in [-0.4, -0.2) is 17.8 Å². The number of ketones is 1. The number of nitro benzene ring substituents is 1. The van der Waals surface area contributed by atoms with E-state index in [1.54, 1.807) is 6.07 Å². The predicted molar refractivity (Wildman–Crippen MR) is 62.4 cm³/mol. The van der Waals surface area contributed by atoms with Crippen LogP contribution in [-0.2, 0) is 0 Å². The number of carbonyl (C=O) groups excluding carboxylic acids is 1. The lowest BCUT2D eigenvalue weighted by Gasteiger charge is -2.07. The highest BCUT2D eigenvalue weighted by Crippen LogP contribution is 2.33. The third-order valence-corrected chi connectivity index (χ3v) is 2.69. The van der Waals surface area contributed by atoms with Crippen LogP contribution in [0.2, 0.25) is 0 Å². The smallest absolute Gasteiger partial charge is 0.284 e. The maximum absolute atomic E-state index is 11.3. The number of ether oxygens (including phenoxy) is 1. The first-order valence-corrected chi connectivity index (χ1v) is 5.08. The van der Waals surface area contributed by atoms with Gasteiger partial charge in [-0.3, -0.25) is 14.9 Å². The second kappa shape index (κ2) is 4.56. The average molecular weight is 321 g/mol. The van der Waals surface area contributed by atoms with Crippen molar-refractivity contribution >= 4 is 34.1 Å². The van der Waals surface area contributed by atoms with Crippen molar-refractivity contribution in [3.63, 3.8) is 0 Å². The van der Waals surface area contributed by atoms with Gasteiger partial charge in [0.2, 0.25) is 0 Å². The summed E-state index contributed by atoms with van der Waals surface area (Å²) in [6.45, 7) is 1.28. The molecule has 6 heteroatoms. The second-order valence-corrected chi connectivity index (χ2v) is 3.95. The Morgan fingerprint density at radius 1 is 1.53 bits per heavy atom. The Morgan fingerprint density at radius 2 is 2.13 bits per heavy atom. The summed E-state index contributed by atoms with van der Waals surface area (Å²) in [6.07, 6.45) is 0. The topological polar surface area (TPSA) is 69.4 Å². The van der Waals surface area contributed by atoms with Gasteiger partial charge in [-0.05, 0) is 35.6 Å². The molecule has 0 saturated carbocycles. The minimum atomic E-state index is -0.588. The Morgan fingerprint density at radius 3 is 2.53 bits per heavy atom. The maximum Gasteiger partial charge on any atom is 0.284 e. The highest BCUT2D eigenvalue weighted by atomic mass is 127. The molecule has 0 aromatic heterocycles. The van der Waals surface area contributed by atoms with Crippen molar-refractivity contribution in [3.05, 3.63) is 31.4 Å².